The van der Waals surface area contributed by atoms with E-state index >= 15 is 0 Å². The number of nitrogens with one attached hydrogen (secondary N) is 1. The van der Waals surface area contributed by atoms with Crippen LogP contribution in [0.3, 0.4) is 0 Å². The van der Waals surface area contributed by atoms with Crippen molar-refractivity contribution in [3.63, 3.8) is 0 Å². The van der Waals surface area contributed by atoms with Gasteiger partial charge in [-0.1, -0.05) is 5.11 Å². The minimum atomic E-state index is -1.17. The Hall–Kier alpha value is -2.93. The van der Waals surface area contributed by atoms with Crippen molar-refractivity contribution in [3.8, 4) is 0 Å². The second-order valence-electron chi connectivity index (χ2n) is 7.01. The van der Waals surface area contributed by atoms with Crippen molar-refractivity contribution in [3.05, 3.63) is 10.4 Å². The third kappa shape index (κ3) is 11.0. The van der Waals surface area contributed by atoms with Crippen LogP contribution in [0.2, 0.25) is 0 Å². The van der Waals surface area contributed by atoms with Crippen molar-refractivity contribution >= 4 is 23.8 Å². The van der Waals surface area contributed by atoms with Crippen molar-refractivity contribution in [1.82, 2.24) is 5.32 Å². The largest absolute Gasteiger partial charge is 0.463 e. The molecular weight excluding hydrogens is 444 g/mol. The summed E-state index contributed by atoms with van der Waals surface area (Å²) in [5, 5.41) is 5.96. The fourth-order valence-electron chi connectivity index (χ4n) is 3.05. The lowest BCUT2D eigenvalue weighted by molar-refractivity contribution is -0.278. The number of nitrogens with zero attached hydrogens (tertiary/aromatic N) is 3. The van der Waals surface area contributed by atoms with Crippen LogP contribution in [-0.4, -0.2) is 87.4 Å². The monoisotopic (exact) mass is 474 g/mol. The van der Waals surface area contributed by atoms with Gasteiger partial charge in [0.05, 0.1) is 13.2 Å². The predicted molar refractivity (Wildman–Crippen MR) is 109 cm³/mol. The second-order valence-corrected chi connectivity index (χ2v) is 7.01. The lowest BCUT2D eigenvalue weighted by Crippen LogP contribution is -2.66. The SMILES string of the molecule is CC(=O)NC1C(OCCCOCCN=[N+]=[N-])OC(COC(C)=O)C(OC(C)=O)C1OC(C)=O. The number of ether oxygens (including phenoxy) is 6. The Morgan fingerprint density at radius 3 is 2.21 bits per heavy atom. The molecule has 0 aliphatic carbocycles. The van der Waals surface area contributed by atoms with Crippen LogP contribution in [0.5, 0.6) is 0 Å². The van der Waals surface area contributed by atoms with Crippen molar-refractivity contribution in [2.45, 2.75) is 64.8 Å². The van der Waals surface area contributed by atoms with Crippen molar-refractivity contribution in [2.75, 3.05) is 33.0 Å². The highest BCUT2D eigenvalue weighted by Crippen LogP contribution is 2.28. The second kappa shape index (κ2) is 15.0. The quantitative estimate of drug-likeness (QED) is 0.0976. The molecule has 1 amide bonds. The highest BCUT2D eigenvalue weighted by Gasteiger charge is 2.51. The Morgan fingerprint density at radius 2 is 1.64 bits per heavy atom. The van der Waals surface area contributed by atoms with Gasteiger partial charge in [0.1, 0.15) is 18.8 Å². The van der Waals surface area contributed by atoms with Gasteiger partial charge in [0, 0.05) is 45.8 Å². The molecule has 33 heavy (non-hydrogen) atoms. The molecule has 1 aliphatic rings. The number of rotatable bonds is 13. The zero-order valence-corrected chi connectivity index (χ0v) is 19.1. The molecule has 0 aromatic heterocycles. The number of carbonyl (C=O) groups is 4. The number of azide groups is 1. The molecule has 0 aromatic carbocycles. The Morgan fingerprint density at radius 1 is 0.970 bits per heavy atom. The molecule has 14 heteroatoms. The molecule has 1 saturated heterocycles. The topological polar surface area (TPSA) is 184 Å². The van der Waals surface area contributed by atoms with E-state index in [4.69, 9.17) is 34.0 Å². The van der Waals surface area contributed by atoms with E-state index in [0.717, 1.165) is 13.8 Å². The molecule has 1 rings (SSSR count). The molecule has 5 unspecified atom stereocenters. The Bertz CT molecular complexity index is 727. The van der Waals surface area contributed by atoms with Crippen molar-refractivity contribution in [1.29, 1.82) is 0 Å². The van der Waals surface area contributed by atoms with Crippen LogP contribution in [0.25, 0.3) is 10.4 Å². The Labute approximate surface area is 190 Å². The van der Waals surface area contributed by atoms with Crippen molar-refractivity contribution in [2.24, 2.45) is 5.11 Å². The highest BCUT2D eigenvalue weighted by molar-refractivity contribution is 5.73. The first-order valence-electron chi connectivity index (χ1n) is 10.3. The minimum Gasteiger partial charge on any atom is -0.463 e. The van der Waals surface area contributed by atoms with Gasteiger partial charge in [-0.15, -0.1) is 0 Å². The molecule has 14 nitrogen and oxygen atoms in total. The smallest absolute Gasteiger partial charge is 0.303 e. The van der Waals surface area contributed by atoms with Crippen molar-refractivity contribution < 1.29 is 47.6 Å². The molecule has 0 spiro atoms. The third-order valence-corrected chi connectivity index (χ3v) is 4.19. The number of hydrogen-bond acceptors (Lipinski definition) is 11. The van der Waals surface area contributed by atoms with Gasteiger partial charge in [-0.25, -0.2) is 0 Å². The highest BCUT2D eigenvalue weighted by atomic mass is 16.7. The molecule has 1 aliphatic heterocycles. The summed E-state index contributed by atoms with van der Waals surface area (Å²) in [6, 6.07) is -1.02. The van der Waals surface area contributed by atoms with E-state index in [9.17, 15) is 19.2 Å². The lowest BCUT2D eigenvalue weighted by atomic mass is 9.96. The number of amides is 1. The molecule has 1 N–H and O–H groups in total. The first-order valence-corrected chi connectivity index (χ1v) is 10.3. The molecule has 0 aromatic rings. The molecular formula is C19H30N4O10. The zero-order chi connectivity index (χ0) is 24.8. The van der Waals surface area contributed by atoms with E-state index in [2.05, 4.69) is 15.3 Å². The lowest BCUT2D eigenvalue weighted by Gasteiger charge is -2.44. The number of carbonyl (C=O) groups excluding carboxylic acids is 4. The van der Waals surface area contributed by atoms with Crippen LogP contribution in [0.1, 0.15) is 34.1 Å². The first kappa shape index (κ1) is 28.1. The Balaban J connectivity index is 2.98. The summed E-state index contributed by atoms with van der Waals surface area (Å²) in [5.74, 6) is -2.43. The fourth-order valence-corrected chi connectivity index (χ4v) is 3.05. The van der Waals surface area contributed by atoms with E-state index in [1.807, 2.05) is 0 Å². The summed E-state index contributed by atoms with van der Waals surface area (Å²) in [6.45, 7) is 5.36. The Kier molecular flexibility index (Phi) is 12.8. The first-order chi connectivity index (χ1) is 15.6. The summed E-state index contributed by atoms with van der Waals surface area (Å²) in [4.78, 5) is 49.2. The summed E-state index contributed by atoms with van der Waals surface area (Å²) >= 11 is 0. The van der Waals surface area contributed by atoms with Gasteiger partial charge in [-0.3, -0.25) is 19.2 Å². The zero-order valence-electron chi connectivity index (χ0n) is 19.1. The van der Waals surface area contributed by atoms with E-state index in [0.29, 0.717) is 13.0 Å². The van der Waals surface area contributed by atoms with Crippen LogP contribution in [-0.2, 0) is 47.6 Å². The summed E-state index contributed by atoms with van der Waals surface area (Å²) < 4.78 is 32.6. The van der Waals surface area contributed by atoms with Gasteiger partial charge >= 0.3 is 17.9 Å². The standard InChI is InChI=1S/C19H30N4O10/c1-11(24)22-16-18(32-14(4)27)17(31-13(3)26)15(10-30-12(2)25)33-19(16)29-8-5-7-28-9-6-21-23-20/h15-19H,5-10H2,1-4H3,(H,22,24). The van der Waals surface area contributed by atoms with Gasteiger partial charge in [-0.2, -0.15) is 0 Å². The predicted octanol–water partition coefficient (Wildman–Crippen LogP) is 0.376. The van der Waals surface area contributed by atoms with Crippen LogP contribution in [0.15, 0.2) is 5.11 Å². The normalized spacial score (nSPS) is 24.2. The van der Waals surface area contributed by atoms with Crippen LogP contribution < -0.4 is 5.32 Å². The number of esters is 3. The summed E-state index contributed by atoms with van der Waals surface area (Å²) in [5.41, 5.74) is 8.22. The maximum Gasteiger partial charge on any atom is 0.303 e. The molecule has 186 valence electrons. The maximum atomic E-state index is 11.8. The minimum absolute atomic E-state index is 0.133. The van der Waals surface area contributed by atoms with Gasteiger partial charge in [0.2, 0.25) is 5.91 Å². The molecule has 0 saturated carbocycles. The van der Waals surface area contributed by atoms with Crippen LogP contribution in [0.4, 0.5) is 0 Å². The van der Waals surface area contributed by atoms with Gasteiger partial charge < -0.3 is 33.7 Å². The van der Waals surface area contributed by atoms with Crippen LogP contribution >= 0.6 is 0 Å². The van der Waals surface area contributed by atoms with E-state index in [1.54, 1.807) is 0 Å². The average molecular weight is 474 g/mol. The average Bonchev–Trinajstić information content (AvgIpc) is 2.71. The molecule has 1 heterocycles. The maximum absolute atomic E-state index is 11.8. The van der Waals surface area contributed by atoms with Gasteiger partial charge in [0.15, 0.2) is 18.5 Å². The van der Waals surface area contributed by atoms with Gasteiger partial charge in [0.25, 0.3) is 0 Å². The third-order valence-electron chi connectivity index (χ3n) is 4.19. The van der Waals surface area contributed by atoms with Crippen LogP contribution in [0, 0.1) is 0 Å². The molecule has 5 atom stereocenters. The van der Waals surface area contributed by atoms with E-state index in [1.165, 1.54) is 13.8 Å². The van der Waals surface area contributed by atoms with E-state index in [-0.39, 0.29) is 26.4 Å². The number of hydrogen-bond donors (Lipinski definition) is 1. The van der Waals surface area contributed by atoms with Gasteiger partial charge in [-0.05, 0) is 12.0 Å². The summed E-state index contributed by atoms with van der Waals surface area (Å²) in [6.07, 6.45) is -4.06. The molecule has 0 bridgehead atoms. The molecule has 0 radical (unpaired) electrons. The fraction of sp³-hybridized carbons (Fsp3) is 0.789. The summed E-state index contributed by atoms with van der Waals surface area (Å²) in [7, 11) is 0. The van der Waals surface area contributed by atoms with E-state index < -0.39 is 54.5 Å². The molecule has 1 fully saturated rings.